The van der Waals surface area contributed by atoms with E-state index in [0.717, 1.165) is 38.5 Å². The molecule has 0 unspecified atom stereocenters. The molecular weight excluding hydrogens is 318 g/mol. The van der Waals surface area contributed by atoms with Gasteiger partial charge in [-0.1, -0.05) is 0 Å². The van der Waals surface area contributed by atoms with Crippen molar-refractivity contribution in [1.29, 1.82) is 0 Å². The van der Waals surface area contributed by atoms with Gasteiger partial charge in [-0.25, -0.2) is 9.59 Å². The zero-order valence-corrected chi connectivity index (χ0v) is 12.4. The van der Waals surface area contributed by atoms with Crippen molar-refractivity contribution in [3.05, 3.63) is 30.0 Å². The summed E-state index contributed by atoms with van der Waals surface area (Å²) in [5.74, 6) is -2.45. The third-order valence-electron chi connectivity index (χ3n) is 2.38. The fraction of sp³-hybridized carbons (Fsp3) is 0.167. The average Bonchev–Trinajstić information content (AvgIpc) is 2.44. The number of hydrogen-bond donors (Lipinski definition) is 3. The molecule has 0 aromatic heterocycles. The second-order valence-electron chi connectivity index (χ2n) is 3.86. The summed E-state index contributed by atoms with van der Waals surface area (Å²) in [6.07, 6.45) is 0.819. The average molecular weight is 331 g/mol. The molecule has 1 aromatic carbocycles. The standard InChI is InChI=1S/C12H13NO8S/c1-20-11(15)6-8(12(16)21-2)13-7-3-4-10(9(14)5-7)22(17,18)19/h3-6,13-14H,1-2H3,(H,17,18,19)/b8-6+. The topological polar surface area (TPSA) is 139 Å². The number of nitrogens with one attached hydrogen (secondary N) is 1. The Kier molecular flexibility index (Phi) is 5.49. The van der Waals surface area contributed by atoms with Gasteiger partial charge >= 0.3 is 11.9 Å². The lowest BCUT2D eigenvalue weighted by Gasteiger charge is -2.10. The molecule has 3 N–H and O–H groups in total. The van der Waals surface area contributed by atoms with E-state index in [2.05, 4.69) is 14.8 Å². The number of phenolic OH excluding ortho intramolecular Hbond substituents is 1. The Hall–Kier alpha value is -2.59. The van der Waals surface area contributed by atoms with E-state index < -0.39 is 32.7 Å². The lowest BCUT2D eigenvalue weighted by atomic mass is 10.2. The highest BCUT2D eigenvalue weighted by molar-refractivity contribution is 7.86. The second-order valence-corrected chi connectivity index (χ2v) is 5.25. The maximum atomic E-state index is 11.5. The number of methoxy groups -OCH3 is 2. The van der Waals surface area contributed by atoms with Crippen LogP contribution in [0.5, 0.6) is 5.75 Å². The molecule has 9 nitrogen and oxygen atoms in total. The summed E-state index contributed by atoms with van der Waals surface area (Å²) in [6.45, 7) is 0. The first kappa shape index (κ1) is 17.5. The van der Waals surface area contributed by atoms with Crippen molar-refractivity contribution < 1.29 is 37.1 Å². The zero-order valence-electron chi connectivity index (χ0n) is 11.6. The van der Waals surface area contributed by atoms with E-state index in [1.54, 1.807) is 0 Å². The Morgan fingerprint density at radius 2 is 1.86 bits per heavy atom. The van der Waals surface area contributed by atoms with Gasteiger partial charge in [-0.05, 0) is 12.1 Å². The summed E-state index contributed by atoms with van der Waals surface area (Å²) < 4.78 is 39.6. The summed E-state index contributed by atoms with van der Waals surface area (Å²) in [7, 11) is -2.38. The van der Waals surface area contributed by atoms with Gasteiger partial charge < -0.3 is 19.9 Å². The molecule has 0 atom stereocenters. The molecular formula is C12H13NO8S. The van der Waals surface area contributed by atoms with Gasteiger partial charge in [0.2, 0.25) is 0 Å². The largest absolute Gasteiger partial charge is 0.506 e. The monoisotopic (exact) mass is 331 g/mol. The third kappa shape index (κ3) is 4.46. The van der Waals surface area contributed by atoms with Crippen molar-refractivity contribution in [3.8, 4) is 5.75 Å². The van der Waals surface area contributed by atoms with E-state index >= 15 is 0 Å². The van der Waals surface area contributed by atoms with Gasteiger partial charge in [-0.3, -0.25) is 4.55 Å². The molecule has 0 amide bonds. The number of ether oxygens (including phenoxy) is 2. The molecule has 0 bridgehead atoms. The summed E-state index contributed by atoms with van der Waals surface area (Å²) in [6, 6.07) is 3.02. The van der Waals surface area contributed by atoms with Crippen LogP contribution in [0.2, 0.25) is 0 Å². The molecule has 22 heavy (non-hydrogen) atoms. The molecule has 1 aromatic rings. The number of phenols is 1. The van der Waals surface area contributed by atoms with Crippen LogP contribution >= 0.6 is 0 Å². The van der Waals surface area contributed by atoms with Crippen molar-refractivity contribution in [2.24, 2.45) is 0 Å². The van der Waals surface area contributed by atoms with Gasteiger partial charge in [0.15, 0.2) is 0 Å². The van der Waals surface area contributed by atoms with Crippen molar-refractivity contribution in [1.82, 2.24) is 0 Å². The van der Waals surface area contributed by atoms with Crippen LogP contribution in [0, 0.1) is 0 Å². The van der Waals surface area contributed by atoms with Crippen LogP contribution in [0.4, 0.5) is 5.69 Å². The van der Waals surface area contributed by atoms with Gasteiger partial charge in [-0.15, -0.1) is 0 Å². The number of hydrogen-bond acceptors (Lipinski definition) is 8. The molecule has 120 valence electrons. The molecule has 0 saturated carbocycles. The van der Waals surface area contributed by atoms with Crippen molar-refractivity contribution in [2.45, 2.75) is 4.90 Å². The SMILES string of the molecule is COC(=O)/C=C(/Nc1ccc(S(=O)(=O)O)c(O)c1)C(=O)OC. The second kappa shape index (κ2) is 6.91. The van der Waals surface area contributed by atoms with Crippen LogP contribution in [0.1, 0.15) is 0 Å². The number of esters is 2. The third-order valence-corrected chi connectivity index (χ3v) is 3.29. The van der Waals surface area contributed by atoms with Crippen LogP contribution in [0.15, 0.2) is 34.9 Å². The maximum Gasteiger partial charge on any atom is 0.354 e. The van der Waals surface area contributed by atoms with E-state index in [1.807, 2.05) is 0 Å². The summed E-state index contributed by atoms with van der Waals surface area (Å²) in [4.78, 5) is 22.0. The maximum absolute atomic E-state index is 11.5. The minimum absolute atomic E-state index is 0.0745. The first-order valence-electron chi connectivity index (χ1n) is 5.64. The predicted molar refractivity (Wildman–Crippen MR) is 73.7 cm³/mol. The molecule has 0 radical (unpaired) electrons. The normalized spacial score (nSPS) is 11.7. The van der Waals surface area contributed by atoms with Crippen molar-refractivity contribution in [2.75, 3.05) is 19.5 Å². The van der Waals surface area contributed by atoms with Gasteiger partial charge in [0.1, 0.15) is 16.3 Å². The van der Waals surface area contributed by atoms with Crippen LogP contribution < -0.4 is 5.32 Å². The molecule has 0 aliphatic carbocycles. The van der Waals surface area contributed by atoms with Gasteiger partial charge in [0, 0.05) is 11.8 Å². The van der Waals surface area contributed by atoms with Crippen LogP contribution in [0.25, 0.3) is 0 Å². The van der Waals surface area contributed by atoms with E-state index in [-0.39, 0.29) is 11.4 Å². The lowest BCUT2D eigenvalue weighted by Crippen LogP contribution is -2.15. The van der Waals surface area contributed by atoms with Crippen LogP contribution in [-0.2, 0) is 29.2 Å². The first-order chi connectivity index (χ1) is 10.2. The fourth-order valence-electron chi connectivity index (χ4n) is 1.40. The van der Waals surface area contributed by atoms with E-state index in [0.29, 0.717) is 0 Å². The molecule has 0 fully saturated rings. The quantitative estimate of drug-likeness (QED) is 0.394. The highest BCUT2D eigenvalue weighted by Gasteiger charge is 2.17. The summed E-state index contributed by atoms with van der Waals surface area (Å²) in [5, 5.41) is 12.0. The van der Waals surface area contributed by atoms with E-state index in [9.17, 15) is 23.1 Å². The number of rotatable bonds is 5. The van der Waals surface area contributed by atoms with Crippen molar-refractivity contribution in [3.63, 3.8) is 0 Å². The highest BCUT2D eigenvalue weighted by atomic mass is 32.2. The minimum Gasteiger partial charge on any atom is -0.506 e. The number of benzene rings is 1. The molecule has 0 heterocycles. The van der Waals surface area contributed by atoms with Crippen molar-refractivity contribution >= 4 is 27.7 Å². The summed E-state index contributed by atoms with van der Waals surface area (Å²) >= 11 is 0. The van der Waals surface area contributed by atoms with E-state index in [1.165, 1.54) is 0 Å². The summed E-state index contributed by atoms with van der Waals surface area (Å²) in [5.41, 5.74) is -0.223. The zero-order chi connectivity index (χ0) is 16.9. The fourth-order valence-corrected chi connectivity index (χ4v) is 1.96. The van der Waals surface area contributed by atoms with Gasteiger partial charge in [-0.2, -0.15) is 8.42 Å². The smallest absolute Gasteiger partial charge is 0.354 e. The molecule has 0 aliphatic rings. The number of aromatic hydroxyl groups is 1. The number of carbonyl (C=O) groups excluding carboxylic acids is 2. The minimum atomic E-state index is -4.58. The lowest BCUT2D eigenvalue weighted by molar-refractivity contribution is -0.138. The molecule has 1 rings (SSSR count). The van der Waals surface area contributed by atoms with Crippen LogP contribution in [-0.4, -0.2) is 44.2 Å². The molecule has 0 aliphatic heterocycles. The molecule has 0 saturated heterocycles. The predicted octanol–water partition coefficient (Wildman–Crippen LogP) is 0.281. The van der Waals surface area contributed by atoms with Crippen LogP contribution in [0.3, 0.4) is 0 Å². The Labute approximate surface area is 125 Å². The Bertz CT molecular complexity index is 723. The van der Waals surface area contributed by atoms with Gasteiger partial charge in [0.05, 0.1) is 20.3 Å². The number of anilines is 1. The Balaban J connectivity index is 3.15. The molecule has 0 spiro atoms. The van der Waals surface area contributed by atoms with E-state index in [4.69, 9.17) is 4.55 Å². The number of carbonyl (C=O) groups is 2. The van der Waals surface area contributed by atoms with Gasteiger partial charge in [0.25, 0.3) is 10.1 Å². The highest BCUT2D eigenvalue weighted by Crippen LogP contribution is 2.26. The Morgan fingerprint density at radius 3 is 2.32 bits per heavy atom. The molecule has 10 heteroatoms. The first-order valence-corrected chi connectivity index (χ1v) is 7.08. The Morgan fingerprint density at radius 1 is 1.23 bits per heavy atom.